The monoisotopic (exact) mass is 629 g/mol. The van der Waals surface area contributed by atoms with Crippen LogP contribution in [0.2, 0.25) is 0 Å². The molecule has 3 aliphatic carbocycles. The largest absolute Gasteiger partial charge is 0.378 e. The Labute approximate surface area is 273 Å². The zero-order chi connectivity index (χ0) is 30.4. The van der Waals surface area contributed by atoms with Crippen LogP contribution in [0.25, 0.3) is 0 Å². The van der Waals surface area contributed by atoms with Gasteiger partial charge in [-0.2, -0.15) is 0 Å². The van der Waals surface area contributed by atoms with Crippen molar-refractivity contribution in [2.75, 3.05) is 39.5 Å². The van der Waals surface area contributed by atoms with Crippen molar-refractivity contribution in [3.05, 3.63) is 0 Å². The zero-order valence-corrected chi connectivity index (χ0v) is 28.1. The van der Waals surface area contributed by atoms with E-state index in [9.17, 15) is 4.79 Å². The molecule has 0 N–H and O–H groups in total. The highest BCUT2D eigenvalue weighted by molar-refractivity contribution is 5.85. The molecule has 0 aromatic heterocycles. The SMILES string of the molecule is O=C1C2CCC(C3CCCCO3)CC2OC(C2CCC(OCCN3CCCCC3)CC2)C1C1CCC(OC2CCCCO2)CC1. The van der Waals surface area contributed by atoms with Gasteiger partial charge in [0, 0.05) is 31.6 Å². The molecule has 7 nitrogen and oxygen atoms in total. The minimum Gasteiger partial charge on any atom is -0.378 e. The highest BCUT2D eigenvalue weighted by atomic mass is 16.7. The summed E-state index contributed by atoms with van der Waals surface area (Å²) in [5.74, 6) is 2.15. The molecule has 7 fully saturated rings. The van der Waals surface area contributed by atoms with Crippen LogP contribution < -0.4 is 0 Å². The van der Waals surface area contributed by atoms with E-state index in [-0.39, 0.29) is 36.4 Å². The third-order valence-corrected chi connectivity index (χ3v) is 13.1. The molecular formula is C38H63NO6. The summed E-state index contributed by atoms with van der Waals surface area (Å²) in [6.07, 6.45) is 24.1. The van der Waals surface area contributed by atoms with Gasteiger partial charge < -0.3 is 28.6 Å². The van der Waals surface area contributed by atoms with Gasteiger partial charge in [0.05, 0.1) is 37.1 Å². The fraction of sp³-hybridized carbons (Fsp3) is 0.974. The molecule has 7 unspecified atom stereocenters. The van der Waals surface area contributed by atoms with Gasteiger partial charge in [0.1, 0.15) is 5.78 Å². The van der Waals surface area contributed by atoms with Crippen molar-refractivity contribution in [3.8, 4) is 0 Å². The van der Waals surface area contributed by atoms with Gasteiger partial charge in [-0.25, -0.2) is 0 Å². The number of carbonyl (C=O) groups excluding carboxylic acids is 1. The topological polar surface area (TPSA) is 66.5 Å². The number of rotatable bonds is 9. The van der Waals surface area contributed by atoms with E-state index in [0.29, 0.717) is 35.7 Å². The molecule has 0 amide bonds. The molecule has 4 aliphatic heterocycles. The van der Waals surface area contributed by atoms with Crippen LogP contribution in [0.4, 0.5) is 0 Å². The molecule has 0 bridgehead atoms. The average Bonchev–Trinajstić information content (AvgIpc) is 3.10. The van der Waals surface area contributed by atoms with Crippen LogP contribution in [0.3, 0.4) is 0 Å². The van der Waals surface area contributed by atoms with Gasteiger partial charge in [0.25, 0.3) is 0 Å². The van der Waals surface area contributed by atoms with Crippen molar-refractivity contribution in [2.24, 2.45) is 29.6 Å². The molecule has 0 spiro atoms. The number of hydrogen-bond donors (Lipinski definition) is 0. The molecule has 0 radical (unpaired) electrons. The van der Waals surface area contributed by atoms with E-state index < -0.39 is 0 Å². The lowest BCUT2D eigenvalue weighted by Crippen LogP contribution is -2.56. The number of carbonyl (C=O) groups is 1. The van der Waals surface area contributed by atoms with Crippen LogP contribution in [0.15, 0.2) is 0 Å². The molecule has 7 rings (SSSR count). The van der Waals surface area contributed by atoms with Crippen LogP contribution in [0.5, 0.6) is 0 Å². The van der Waals surface area contributed by atoms with Crippen molar-refractivity contribution in [1.82, 2.24) is 4.90 Å². The number of Topliss-reactive ketones (excluding diaryl/α,β-unsaturated/α-hetero) is 1. The lowest BCUT2D eigenvalue weighted by molar-refractivity contribution is -0.203. The van der Waals surface area contributed by atoms with Gasteiger partial charge in [-0.1, -0.05) is 6.42 Å². The predicted octanol–water partition coefficient (Wildman–Crippen LogP) is 7.09. The molecule has 7 atom stereocenters. The number of ether oxygens (including phenoxy) is 5. The summed E-state index contributed by atoms with van der Waals surface area (Å²) >= 11 is 0. The third-order valence-electron chi connectivity index (χ3n) is 13.1. The Hall–Kier alpha value is -0.570. The fourth-order valence-electron chi connectivity index (χ4n) is 10.4. The summed E-state index contributed by atoms with van der Waals surface area (Å²) in [4.78, 5) is 17.1. The van der Waals surface area contributed by atoms with Crippen LogP contribution in [0, 0.1) is 29.6 Å². The molecule has 45 heavy (non-hydrogen) atoms. The van der Waals surface area contributed by atoms with Gasteiger partial charge in [-0.3, -0.25) is 4.79 Å². The summed E-state index contributed by atoms with van der Waals surface area (Å²) in [6.45, 7) is 6.16. The Balaban J connectivity index is 0.974. The van der Waals surface area contributed by atoms with Gasteiger partial charge in [0.15, 0.2) is 6.29 Å². The number of fused-ring (bicyclic) bond motifs is 1. The van der Waals surface area contributed by atoms with Crippen LogP contribution >= 0.6 is 0 Å². The Morgan fingerprint density at radius 1 is 0.644 bits per heavy atom. The molecule has 7 heteroatoms. The zero-order valence-electron chi connectivity index (χ0n) is 28.1. The van der Waals surface area contributed by atoms with E-state index in [1.54, 1.807) is 0 Å². The summed E-state index contributed by atoms with van der Waals surface area (Å²) < 4.78 is 32.3. The van der Waals surface area contributed by atoms with E-state index in [1.165, 1.54) is 58.0 Å². The van der Waals surface area contributed by atoms with Gasteiger partial charge in [-0.15, -0.1) is 0 Å². The Bertz CT molecular complexity index is 898. The highest BCUT2D eigenvalue weighted by Gasteiger charge is 2.53. The number of piperidine rings is 1. The summed E-state index contributed by atoms with van der Waals surface area (Å²) in [5, 5.41) is 0. The highest BCUT2D eigenvalue weighted by Crippen LogP contribution is 2.49. The van der Waals surface area contributed by atoms with Gasteiger partial charge in [0.2, 0.25) is 0 Å². The maximum atomic E-state index is 14.6. The molecule has 7 aliphatic rings. The van der Waals surface area contributed by atoms with Crippen molar-refractivity contribution in [3.63, 3.8) is 0 Å². The summed E-state index contributed by atoms with van der Waals surface area (Å²) in [6, 6.07) is 0. The average molecular weight is 630 g/mol. The Morgan fingerprint density at radius 2 is 1.36 bits per heavy atom. The Kier molecular flexibility index (Phi) is 11.9. The van der Waals surface area contributed by atoms with Crippen molar-refractivity contribution >= 4 is 5.78 Å². The minimum absolute atomic E-state index is 0.0194. The van der Waals surface area contributed by atoms with Crippen molar-refractivity contribution in [1.29, 1.82) is 0 Å². The number of likely N-dealkylation sites (tertiary alicyclic amines) is 1. The quantitative estimate of drug-likeness (QED) is 0.270. The van der Waals surface area contributed by atoms with Gasteiger partial charge in [-0.05, 0) is 153 Å². The first-order chi connectivity index (χ1) is 22.2. The molecule has 0 aromatic rings. The van der Waals surface area contributed by atoms with Gasteiger partial charge >= 0.3 is 0 Å². The second-order valence-corrected chi connectivity index (χ2v) is 15.9. The fourth-order valence-corrected chi connectivity index (χ4v) is 10.4. The van der Waals surface area contributed by atoms with Crippen molar-refractivity contribution < 1.29 is 28.5 Å². The van der Waals surface area contributed by atoms with Crippen LogP contribution in [-0.2, 0) is 28.5 Å². The lowest BCUT2D eigenvalue weighted by Gasteiger charge is -2.51. The van der Waals surface area contributed by atoms with E-state index in [0.717, 1.165) is 110 Å². The van der Waals surface area contributed by atoms with Crippen molar-refractivity contribution in [2.45, 2.75) is 165 Å². The standard InChI is InChI=1S/C38H63NO6/c40-37-32-19-14-29(33-8-2-6-23-42-33)26-34(32)45-38(28-12-15-30(16-13-28)41-25-22-39-20-4-1-5-21-39)36(37)27-10-17-31(18-11-27)44-35-9-3-7-24-43-35/h27-36,38H,1-26H2. The first-order valence-electron chi connectivity index (χ1n) is 19.6. The van der Waals surface area contributed by atoms with Crippen LogP contribution in [-0.4, -0.2) is 86.9 Å². The van der Waals surface area contributed by atoms with E-state index in [4.69, 9.17) is 23.7 Å². The number of ketones is 1. The minimum atomic E-state index is -0.0194. The maximum absolute atomic E-state index is 14.6. The normalized spacial score (nSPS) is 43.9. The first-order valence-corrected chi connectivity index (χ1v) is 19.6. The second kappa shape index (κ2) is 16.2. The molecule has 4 heterocycles. The second-order valence-electron chi connectivity index (χ2n) is 15.9. The third kappa shape index (κ3) is 8.36. The molecule has 256 valence electrons. The lowest BCUT2D eigenvalue weighted by atomic mass is 9.63. The summed E-state index contributed by atoms with van der Waals surface area (Å²) in [5.41, 5.74) is 0. The van der Waals surface area contributed by atoms with E-state index >= 15 is 0 Å². The molecule has 0 aromatic carbocycles. The predicted molar refractivity (Wildman–Crippen MR) is 174 cm³/mol. The Morgan fingerprint density at radius 3 is 2.09 bits per heavy atom. The number of nitrogens with zero attached hydrogens (tertiary/aromatic N) is 1. The maximum Gasteiger partial charge on any atom is 0.157 e. The molecular weight excluding hydrogens is 566 g/mol. The molecule has 3 saturated carbocycles. The smallest absolute Gasteiger partial charge is 0.157 e. The summed E-state index contributed by atoms with van der Waals surface area (Å²) in [7, 11) is 0. The number of hydrogen-bond acceptors (Lipinski definition) is 7. The molecule has 4 saturated heterocycles. The van der Waals surface area contributed by atoms with Crippen LogP contribution in [0.1, 0.15) is 128 Å². The van der Waals surface area contributed by atoms with E-state index in [2.05, 4.69) is 4.90 Å². The first kappa shape index (κ1) is 33.0. The van der Waals surface area contributed by atoms with E-state index in [1.807, 2.05) is 0 Å².